The molecule has 2 heterocycles. The number of benzene rings is 1. The minimum Gasteiger partial charge on any atom is -0.444 e. The zero-order valence-electron chi connectivity index (χ0n) is 14.3. The molecule has 0 saturated carbocycles. The lowest BCUT2D eigenvalue weighted by Gasteiger charge is -2.27. The highest BCUT2D eigenvalue weighted by Gasteiger charge is 2.43. The van der Waals surface area contributed by atoms with Crippen molar-refractivity contribution < 1.29 is 9.53 Å². The number of hydrogen-bond donors (Lipinski definition) is 0. The van der Waals surface area contributed by atoms with E-state index in [4.69, 9.17) is 16.3 Å². The number of nitrogens with zero attached hydrogens (tertiary/aromatic N) is 2. The molecule has 3 rings (SSSR count). The van der Waals surface area contributed by atoms with E-state index in [0.29, 0.717) is 11.8 Å². The molecule has 0 N–H and O–H groups in total. The Morgan fingerprint density at radius 3 is 2.35 bits per heavy atom. The summed E-state index contributed by atoms with van der Waals surface area (Å²) in [6, 6.07) is 6.05. The summed E-state index contributed by atoms with van der Waals surface area (Å²) in [5, 5.41) is 0.776. The van der Waals surface area contributed by atoms with Crippen molar-refractivity contribution in [3.63, 3.8) is 0 Å². The molecule has 0 spiro atoms. The largest absolute Gasteiger partial charge is 0.444 e. The van der Waals surface area contributed by atoms with Gasteiger partial charge in [-0.25, -0.2) is 4.79 Å². The summed E-state index contributed by atoms with van der Waals surface area (Å²) in [7, 11) is 0. The maximum atomic E-state index is 12.2. The summed E-state index contributed by atoms with van der Waals surface area (Å²) in [4.78, 5) is 16.5. The molecule has 126 valence electrons. The van der Waals surface area contributed by atoms with Gasteiger partial charge in [-0.05, 0) is 45.4 Å². The quantitative estimate of drug-likeness (QED) is 0.778. The number of hydrogen-bond acceptors (Lipinski definition) is 3. The molecule has 23 heavy (non-hydrogen) atoms. The summed E-state index contributed by atoms with van der Waals surface area (Å²) in [6.07, 6.45) is -0.183. The second-order valence-electron chi connectivity index (χ2n) is 7.74. The molecule has 4 nitrogen and oxygen atoms in total. The Bertz CT molecular complexity index is 598. The maximum absolute atomic E-state index is 12.2. The fraction of sp³-hybridized carbons (Fsp3) is 0.611. The van der Waals surface area contributed by atoms with Crippen LogP contribution in [0.4, 0.5) is 10.5 Å². The van der Waals surface area contributed by atoms with Crippen LogP contribution < -0.4 is 4.90 Å². The Labute approximate surface area is 143 Å². The molecular weight excluding hydrogens is 312 g/mol. The molecule has 1 aromatic rings. The van der Waals surface area contributed by atoms with E-state index in [1.54, 1.807) is 0 Å². The van der Waals surface area contributed by atoms with Crippen LogP contribution in [0.15, 0.2) is 18.2 Å². The third-order valence-electron chi connectivity index (χ3n) is 4.65. The van der Waals surface area contributed by atoms with Crippen LogP contribution >= 0.6 is 11.6 Å². The summed E-state index contributed by atoms with van der Waals surface area (Å²) >= 11 is 6.15. The average molecular weight is 337 g/mol. The average Bonchev–Trinajstić information content (AvgIpc) is 2.97. The lowest BCUT2D eigenvalue weighted by atomic mass is 10.0. The number of amides is 1. The predicted octanol–water partition coefficient (Wildman–Crippen LogP) is 3.95. The lowest BCUT2D eigenvalue weighted by Crippen LogP contribution is -2.37. The fourth-order valence-electron chi connectivity index (χ4n) is 3.59. The minimum atomic E-state index is -0.432. The van der Waals surface area contributed by atoms with E-state index in [0.717, 1.165) is 31.2 Å². The molecule has 0 aliphatic carbocycles. The van der Waals surface area contributed by atoms with Gasteiger partial charge in [0.2, 0.25) is 0 Å². The van der Waals surface area contributed by atoms with Crippen molar-refractivity contribution in [3.8, 4) is 0 Å². The summed E-state index contributed by atoms with van der Waals surface area (Å²) in [5.74, 6) is 1.03. The van der Waals surface area contributed by atoms with Crippen LogP contribution in [0.2, 0.25) is 5.02 Å². The Balaban J connectivity index is 1.63. The highest BCUT2D eigenvalue weighted by molar-refractivity contribution is 6.30. The van der Waals surface area contributed by atoms with Crippen LogP contribution in [0.25, 0.3) is 0 Å². The van der Waals surface area contributed by atoms with E-state index in [1.165, 1.54) is 11.3 Å². The number of rotatable bonds is 1. The number of carbonyl (C=O) groups is 1. The van der Waals surface area contributed by atoms with Gasteiger partial charge in [-0.15, -0.1) is 0 Å². The zero-order chi connectivity index (χ0) is 16.8. The molecule has 2 fully saturated rings. The summed E-state index contributed by atoms with van der Waals surface area (Å²) in [5.41, 5.74) is 2.03. The Morgan fingerprint density at radius 1 is 1.17 bits per heavy atom. The molecule has 2 unspecified atom stereocenters. The van der Waals surface area contributed by atoms with Crippen LogP contribution in [-0.4, -0.2) is 42.8 Å². The van der Waals surface area contributed by atoms with Crippen LogP contribution in [0.1, 0.15) is 26.3 Å². The van der Waals surface area contributed by atoms with E-state index >= 15 is 0 Å². The first-order valence-electron chi connectivity index (χ1n) is 8.22. The molecule has 2 aliphatic rings. The van der Waals surface area contributed by atoms with Crippen molar-refractivity contribution in [2.24, 2.45) is 11.8 Å². The van der Waals surface area contributed by atoms with Crippen LogP contribution in [0, 0.1) is 18.8 Å². The van der Waals surface area contributed by atoms with Gasteiger partial charge in [-0.2, -0.15) is 0 Å². The van der Waals surface area contributed by atoms with E-state index in [-0.39, 0.29) is 6.09 Å². The van der Waals surface area contributed by atoms with Gasteiger partial charge in [0.25, 0.3) is 0 Å². The first kappa shape index (κ1) is 16.4. The highest BCUT2D eigenvalue weighted by Crippen LogP contribution is 2.36. The number of anilines is 1. The molecule has 2 saturated heterocycles. The fourth-order valence-corrected chi connectivity index (χ4v) is 3.75. The molecule has 0 radical (unpaired) electrons. The van der Waals surface area contributed by atoms with Crippen molar-refractivity contribution >= 4 is 23.4 Å². The third-order valence-corrected chi connectivity index (χ3v) is 4.88. The first-order chi connectivity index (χ1) is 10.7. The van der Waals surface area contributed by atoms with Crippen molar-refractivity contribution in [2.75, 3.05) is 31.1 Å². The number of halogens is 1. The Morgan fingerprint density at radius 2 is 1.78 bits per heavy atom. The highest BCUT2D eigenvalue weighted by atomic mass is 35.5. The second kappa shape index (κ2) is 5.90. The van der Waals surface area contributed by atoms with Crippen molar-refractivity contribution in [2.45, 2.75) is 33.3 Å². The number of aryl methyl sites for hydroxylation is 1. The number of carbonyl (C=O) groups excluding carboxylic acids is 1. The van der Waals surface area contributed by atoms with E-state index in [9.17, 15) is 4.79 Å². The van der Waals surface area contributed by atoms with Crippen LogP contribution in [0.5, 0.6) is 0 Å². The molecular formula is C18H25ClN2O2. The Hall–Kier alpha value is -1.42. The molecule has 2 atom stereocenters. The number of likely N-dealkylation sites (tertiary alicyclic amines) is 1. The smallest absolute Gasteiger partial charge is 0.410 e. The number of fused-ring (bicyclic) bond motifs is 1. The molecule has 0 aromatic heterocycles. The van der Waals surface area contributed by atoms with E-state index in [1.807, 2.05) is 37.8 Å². The second-order valence-corrected chi connectivity index (χ2v) is 8.18. The predicted molar refractivity (Wildman–Crippen MR) is 93.2 cm³/mol. The molecule has 0 bridgehead atoms. The van der Waals surface area contributed by atoms with Gasteiger partial charge in [-0.3, -0.25) is 0 Å². The summed E-state index contributed by atoms with van der Waals surface area (Å²) in [6.45, 7) is 11.4. The topological polar surface area (TPSA) is 32.8 Å². The van der Waals surface area contributed by atoms with Gasteiger partial charge in [0.05, 0.1) is 0 Å². The van der Waals surface area contributed by atoms with E-state index in [2.05, 4.69) is 17.9 Å². The van der Waals surface area contributed by atoms with Gasteiger partial charge in [0.15, 0.2) is 0 Å². The van der Waals surface area contributed by atoms with Gasteiger partial charge >= 0.3 is 6.09 Å². The monoisotopic (exact) mass is 336 g/mol. The normalized spacial score (nSPS) is 24.0. The van der Waals surface area contributed by atoms with Crippen molar-refractivity contribution in [1.29, 1.82) is 0 Å². The van der Waals surface area contributed by atoms with E-state index < -0.39 is 5.60 Å². The third kappa shape index (κ3) is 3.57. The van der Waals surface area contributed by atoms with Crippen molar-refractivity contribution in [3.05, 3.63) is 28.8 Å². The maximum Gasteiger partial charge on any atom is 0.410 e. The standard InChI is InChI=1S/C18H25ClN2O2/c1-12-5-6-15(19)7-16(12)20-8-13-10-21(11-14(13)9-20)17(22)23-18(2,3)4/h5-7,13-14H,8-11H2,1-4H3. The van der Waals surface area contributed by atoms with Gasteiger partial charge in [-0.1, -0.05) is 17.7 Å². The molecule has 5 heteroatoms. The minimum absolute atomic E-state index is 0.183. The zero-order valence-corrected chi connectivity index (χ0v) is 15.1. The first-order valence-corrected chi connectivity index (χ1v) is 8.60. The SMILES string of the molecule is Cc1ccc(Cl)cc1N1CC2CN(C(=O)OC(C)(C)C)CC2C1. The molecule has 1 amide bonds. The van der Waals surface area contributed by atoms with Crippen LogP contribution in [-0.2, 0) is 4.74 Å². The Kier molecular flexibility index (Phi) is 4.21. The van der Waals surface area contributed by atoms with Gasteiger partial charge in [0.1, 0.15) is 5.60 Å². The molecule has 2 aliphatic heterocycles. The van der Waals surface area contributed by atoms with Crippen LogP contribution in [0.3, 0.4) is 0 Å². The molecule has 1 aromatic carbocycles. The lowest BCUT2D eigenvalue weighted by molar-refractivity contribution is 0.0282. The number of ether oxygens (including phenoxy) is 1. The van der Waals surface area contributed by atoms with Gasteiger partial charge in [0, 0.05) is 48.7 Å². The summed E-state index contributed by atoms with van der Waals surface area (Å²) < 4.78 is 5.49. The van der Waals surface area contributed by atoms with Crippen molar-refractivity contribution in [1.82, 2.24) is 4.90 Å². The van der Waals surface area contributed by atoms with Gasteiger partial charge < -0.3 is 14.5 Å².